The lowest BCUT2D eigenvalue weighted by Crippen LogP contribution is -1.98. The second kappa shape index (κ2) is 10.6. The van der Waals surface area contributed by atoms with Crippen molar-refractivity contribution in [2.24, 2.45) is 0 Å². The van der Waals surface area contributed by atoms with Gasteiger partial charge in [0.05, 0.1) is 22.1 Å². The minimum absolute atomic E-state index is 1.01. The molecule has 0 N–H and O–H groups in total. The van der Waals surface area contributed by atoms with E-state index in [9.17, 15) is 0 Å². The van der Waals surface area contributed by atoms with E-state index in [4.69, 9.17) is 0 Å². The Labute approximate surface area is 304 Å². The first-order valence-corrected chi connectivity index (χ1v) is 18.8. The van der Waals surface area contributed by atoms with Crippen molar-refractivity contribution in [3.63, 3.8) is 0 Å². The fourth-order valence-corrected chi connectivity index (χ4v) is 10.2. The summed E-state index contributed by atoms with van der Waals surface area (Å²) in [4.78, 5) is 0. The van der Waals surface area contributed by atoms with Gasteiger partial charge in [-0.05, 0) is 82.3 Å². The minimum atomic E-state index is 1.01. The molecule has 0 saturated heterocycles. The number of nitrogens with zero attached hydrogens (tertiary/aromatic N) is 2. The molecular formula is C49H30N2S. The van der Waals surface area contributed by atoms with E-state index in [-0.39, 0.29) is 0 Å². The summed E-state index contributed by atoms with van der Waals surface area (Å²) in [5.41, 5.74) is 15.4. The van der Waals surface area contributed by atoms with Crippen molar-refractivity contribution in [1.82, 2.24) is 9.13 Å². The molecule has 0 bridgehead atoms. The largest absolute Gasteiger partial charge is 0.307 e. The molecule has 3 heteroatoms. The molecule has 3 aromatic heterocycles. The Morgan fingerprint density at radius 1 is 0.365 bits per heavy atom. The molecule has 0 unspecified atom stereocenters. The molecule has 52 heavy (non-hydrogen) atoms. The van der Waals surface area contributed by atoms with Gasteiger partial charge in [-0.2, -0.15) is 0 Å². The van der Waals surface area contributed by atoms with Crippen LogP contribution in [0.2, 0.25) is 0 Å². The van der Waals surface area contributed by atoms with Crippen molar-refractivity contribution in [3.8, 4) is 33.6 Å². The van der Waals surface area contributed by atoms with Crippen molar-refractivity contribution in [1.29, 1.82) is 0 Å². The number of para-hydroxylation sites is 3. The summed E-state index contributed by atoms with van der Waals surface area (Å²) in [7, 11) is 0. The topological polar surface area (TPSA) is 9.86 Å². The quantitative estimate of drug-likeness (QED) is 0.176. The second-order valence-corrected chi connectivity index (χ2v) is 15.2. The highest BCUT2D eigenvalue weighted by Crippen LogP contribution is 2.44. The smallest absolute Gasteiger partial charge is 0.0788 e. The monoisotopic (exact) mass is 678 g/mol. The van der Waals surface area contributed by atoms with Gasteiger partial charge in [0, 0.05) is 53.1 Å². The molecule has 0 aliphatic heterocycles. The third-order valence-electron chi connectivity index (χ3n) is 11.3. The highest BCUT2D eigenvalue weighted by atomic mass is 32.1. The Kier molecular flexibility index (Phi) is 5.74. The minimum Gasteiger partial charge on any atom is -0.307 e. The number of thiophene rings is 1. The first-order chi connectivity index (χ1) is 25.8. The van der Waals surface area contributed by atoms with Gasteiger partial charge in [0.25, 0.3) is 0 Å². The van der Waals surface area contributed by atoms with E-state index in [1.54, 1.807) is 0 Å². The number of hydrogen-bond acceptors (Lipinski definition) is 1. The van der Waals surface area contributed by atoms with E-state index >= 15 is 0 Å². The third kappa shape index (κ3) is 3.89. The Bertz CT molecular complexity index is 3260. The predicted molar refractivity (Wildman–Crippen MR) is 222 cm³/mol. The van der Waals surface area contributed by atoms with Crippen molar-refractivity contribution in [3.05, 3.63) is 181 Å². The van der Waals surface area contributed by atoms with Crippen molar-refractivity contribution in [2.45, 2.75) is 6.42 Å². The number of aromatic nitrogens is 2. The Morgan fingerprint density at radius 3 is 1.69 bits per heavy atom. The fraction of sp³-hybridized carbons (Fsp3) is 0.0204. The molecule has 0 fully saturated rings. The van der Waals surface area contributed by atoms with Gasteiger partial charge in [-0.15, -0.1) is 11.3 Å². The summed E-state index contributed by atoms with van der Waals surface area (Å²) >= 11 is 1.90. The van der Waals surface area contributed by atoms with E-state index in [1.165, 1.54) is 109 Å². The van der Waals surface area contributed by atoms with Gasteiger partial charge in [-0.25, -0.2) is 0 Å². The van der Waals surface area contributed by atoms with Crippen LogP contribution < -0.4 is 0 Å². The summed E-state index contributed by atoms with van der Waals surface area (Å²) in [6.45, 7) is 0. The average Bonchev–Trinajstić information content (AvgIpc) is 3.94. The highest BCUT2D eigenvalue weighted by Gasteiger charge is 2.22. The van der Waals surface area contributed by atoms with E-state index < -0.39 is 0 Å². The van der Waals surface area contributed by atoms with E-state index in [1.807, 2.05) is 11.3 Å². The lowest BCUT2D eigenvalue weighted by molar-refractivity contribution is 1.15. The molecule has 1 aliphatic carbocycles. The number of fused-ring (bicyclic) bond motifs is 13. The van der Waals surface area contributed by atoms with Gasteiger partial charge >= 0.3 is 0 Å². The zero-order valence-electron chi connectivity index (χ0n) is 28.2. The average molecular weight is 679 g/mol. The summed E-state index contributed by atoms with van der Waals surface area (Å²) in [6.07, 6.45) is 1.01. The van der Waals surface area contributed by atoms with Gasteiger partial charge < -0.3 is 9.13 Å². The zero-order chi connectivity index (χ0) is 33.9. The van der Waals surface area contributed by atoms with Gasteiger partial charge in [0.1, 0.15) is 0 Å². The number of benzene rings is 8. The molecule has 12 rings (SSSR count). The van der Waals surface area contributed by atoms with Crippen molar-refractivity contribution >= 4 is 75.1 Å². The van der Waals surface area contributed by atoms with Crippen molar-refractivity contribution < 1.29 is 0 Å². The van der Waals surface area contributed by atoms with Crippen LogP contribution in [0.3, 0.4) is 0 Å². The molecule has 11 aromatic rings. The molecule has 0 atom stereocenters. The van der Waals surface area contributed by atoms with Crippen LogP contribution in [0.1, 0.15) is 11.1 Å². The van der Waals surface area contributed by atoms with Crippen LogP contribution in [0, 0.1) is 0 Å². The van der Waals surface area contributed by atoms with Gasteiger partial charge in [-0.3, -0.25) is 0 Å². The lowest BCUT2D eigenvalue weighted by Gasteiger charge is -2.12. The first kappa shape index (κ1) is 28.3. The van der Waals surface area contributed by atoms with Crippen LogP contribution in [0.25, 0.3) is 97.4 Å². The number of rotatable bonds is 3. The molecule has 2 nitrogen and oxygen atoms in total. The maximum atomic E-state index is 2.50. The summed E-state index contributed by atoms with van der Waals surface area (Å²) in [6, 6.07) is 63.1. The van der Waals surface area contributed by atoms with Crippen LogP contribution in [-0.2, 0) is 6.42 Å². The van der Waals surface area contributed by atoms with E-state index in [2.05, 4.69) is 179 Å². The summed E-state index contributed by atoms with van der Waals surface area (Å²) in [5.74, 6) is 0. The number of hydrogen-bond donors (Lipinski definition) is 0. The Morgan fingerprint density at radius 2 is 0.923 bits per heavy atom. The molecule has 3 heterocycles. The van der Waals surface area contributed by atoms with Gasteiger partial charge in [0.2, 0.25) is 0 Å². The lowest BCUT2D eigenvalue weighted by atomic mass is 9.98. The van der Waals surface area contributed by atoms with Gasteiger partial charge in [0.15, 0.2) is 0 Å². The Hall–Kier alpha value is -6.42. The maximum Gasteiger partial charge on any atom is 0.0788 e. The molecule has 0 radical (unpaired) electrons. The summed E-state index contributed by atoms with van der Waals surface area (Å²) < 4.78 is 7.58. The SMILES string of the molecule is c1ccc(-n2c3ccccc3c3ccc4c5ccccc5n(-c5ccc6c(c5)sc5cc(-c7ccc8c(c7)Cc7ccccc7-8)ccc56)c4c32)cc1. The van der Waals surface area contributed by atoms with Crippen LogP contribution in [0.4, 0.5) is 0 Å². The second-order valence-electron chi connectivity index (χ2n) is 14.1. The Balaban J connectivity index is 1.07. The van der Waals surface area contributed by atoms with Crippen LogP contribution in [0.15, 0.2) is 170 Å². The van der Waals surface area contributed by atoms with Gasteiger partial charge in [-0.1, -0.05) is 127 Å². The molecule has 0 spiro atoms. The first-order valence-electron chi connectivity index (χ1n) is 18.0. The standard InChI is InChI=1S/C49H30N2S/c1-2-11-34(12-3-1)50-44-16-8-6-14-38(44)42-24-25-43-39-15-7-9-17-45(39)51(49(43)48(42)50)35-20-23-41-40-22-19-31(28-46(40)52-47(41)29-35)30-18-21-37-33(26-30)27-32-10-4-5-13-36(32)37/h1-26,28-29H,27H2. The normalized spacial score (nSPS) is 12.5. The molecule has 8 aromatic carbocycles. The highest BCUT2D eigenvalue weighted by molar-refractivity contribution is 7.25. The van der Waals surface area contributed by atoms with Crippen LogP contribution in [0.5, 0.6) is 0 Å². The molecule has 0 amide bonds. The van der Waals surface area contributed by atoms with Crippen LogP contribution in [-0.4, -0.2) is 9.13 Å². The van der Waals surface area contributed by atoms with E-state index in [0.717, 1.165) is 6.42 Å². The van der Waals surface area contributed by atoms with Crippen molar-refractivity contribution in [2.75, 3.05) is 0 Å². The summed E-state index contributed by atoms with van der Waals surface area (Å²) in [5, 5.41) is 7.69. The molecule has 1 aliphatic rings. The van der Waals surface area contributed by atoms with E-state index in [0.29, 0.717) is 0 Å². The maximum absolute atomic E-state index is 2.50. The molecule has 0 saturated carbocycles. The molecule has 242 valence electrons. The molecular weight excluding hydrogens is 649 g/mol. The third-order valence-corrected chi connectivity index (χ3v) is 12.4. The van der Waals surface area contributed by atoms with Crippen LogP contribution >= 0.6 is 11.3 Å². The fourth-order valence-electron chi connectivity index (χ4n) is 9.02. The predicted octanol–water partition coefficient (Wildman–Crippen LogP) is 13.5. The zero-order valence-corrected chi connectivity index (χ0v) is 29.0.